The van der Waals surface area contributed by atoms with Crippen LogP contribution >= 0.6 is 31.8 Å². The van der Waals surface area contributed by atoms with Gasteiger partial charge in [0.1, 0.15) is 0 Å². The summed E-state index contributed by atoms with van der Waals surface area (Å²) < 4.78 is 0. The molecule has 0 bridgehead atoms. The molecule has 0 N–H and O–H groups in total. The predicted octanol–water partition coefficient (Wildman–Crippen LogP) is 1.41. The number of carbonyl (C=O) groups excluding carboxylic acids is 1. The molecule has 0 spiro atoms. The molecule has 0 aliphatic carbocycles. The van der Waals surface area contributed by atoms with E-state index in [-0.39, 0.29) is 24.4 Å². The molecule has 2 aromatic rings. The van der Waals surface area contributed by atoms with Crippen molar-refractivity contribution >= 4 is 42.6 Å². The Morgan fingerprint density at radius 3 is 2.00 bits per heavy atom. The summed E-state index contributed by atoms with van der Waals surface area (Å²) in [5.74, 6) is 0. The molecule has 18 heavy (non-hydrogen) atoms. The Morgan fingerprint density at radius 2 is 1.44 bits per heavy atom. The van der Waals surface area contributed by atoms with E-state index in [0.29, 0.717) is 24.2 Å². The molecule has 0 aliphatic heterocycles. The quantitative estimate of drug-likeness (QED) is 0.617. The summed E-state index contributed by atoms with van der Waals surface area (Å²) in [4.78, 5) is 12.1. The molecule has 5 heteroatoms. The van der Waals surface area contributed by atoms with Gasteiger partial charge in [-0.15, -0.1) is 0 Å². The molecular formula is C13H8Cl2LiOP. The maximum absolute atomic E-state index is 12.1. The van der Waals surface area contributed by atoms with Crippen LogP contribution in [0.4, 0.5) is 0 Å². The van der Waals surface area contributed by atoms with Crippen LogP contribution in [0, 0.1) is 0 Å². The summed E-state index contributed by atoms with van der Waals surface area (Å²) in [6, 6.07) is 14.5. The van der Waals surface area contributed by atoms with Gasteiger partial charge >= 0.3 is 18.9 Å². The minimum absolute atomic E-state index is 0. The van der Waals surface area contributed by atoms with Crippen molar-refractivity contribution in [2.75, 3.05) is 0 Å². The molecule has 0 fully saturated rings. The van der Waals surface area contributed by atoms with E-state index in [4.69, 9.17) is 23.2 Å². The molecule has 2 rings (SSSR count). The Labute approximate surface area is 130 Å². The fourth-order valence-electron chi connectivity index (χ4n) is 1.38. The second-order valence-corrected chi connectivity index (χ2v) is 5.31. The molecule has 0 saturated heterocycles. The van der Waals surface area contributed by atoms with Crippen molar-refractivity contribution in [1.29, 1.82) is 0 Å². The topological polar surface area (TPSA) is 17.1 Å². The molecule has 0 atom stereocenters. The standard InChI is InChI=1S/C13H8Cl2OP.Li/c14-10-7-4-8-11(15)12(10)13(16)17-9-5-2-1-3-6-9;/h1-8H;/q-1;+1. The van der Waals surface area contributed by atoms with Crippen LogP contribution in [0.25, 0.3) is 0 Å². The Kier molecular flexibility index (Phi) is 6.43. The zero-order chi connectivity index (χ0) is 12.3. The van der Waals surface area contributed by atoms with Gasteiger partial charge in [0.05, 0.1) is 10.0 Å². The van der Waals surface area contributed by atoms with Crippen molar-refractivity contribution in [3.05, 3.63) is 64.1 Å². The van der Waals surface area contributed by atoms with Gasteiger partial charge in [-0.1, -0.05) is 59.6 Å². The van der Waals surface area contributed by atoms with E-state index in [9.17, 15) is 4.79 Å². The van der Waals surface area contributed by atoms with Crippen LogP contribution in [0.1, 0.15) is 10.4 Å². The van der Waals surface area contributed by atoms with Crippen molar-refractivity contribution in [3.8, 4) is 0 Å². The van der Waals surface area contributed by atoms with Gasteiger partial charge in [-0.3, -0.25) is 0 Å². The third-order valence-electron chi connectivity index (χ3n) is 2.16. The molecule has 0 amide bonds. The first-order chi connectivity index (χ1) is 8.18. The van der Waals surface area contributed by atoms with Gasteiger partial charge in [-0.2, -0.15) is 5.30 Å². The largest absolute Gasteiger partial charge is 1.00 e. The number of hydrogen-bond acceptors (Lipinski definition) is 1. The molecule has 0 aromatic heterocycles. The van der Waals surface area contributed by atoms with E-state index < -0.39 is 0 Å². The summed E-state index contributed by atoms with van der Waals surface area (Å²) in [5, 5.41) is 1.71. The van der Waals surface area contributed by atoms with Crippen molar-refractivity contribution in [2.24, 2.45) is 0 Å². The van der Waals surface area contributed by atoms with E-state index >= 15 is 0 Å². The van der Waals surface area contributed by atoms with Crippen molar-refractivity contribution in [1.82, 2.24) is 0 Å². The molecule has 0 saturated carbocycles. The van der Waals surface area contributed by atoms with Crippen LogP contribution in [-0.2, 0) is 0 Å². The molecule has 86 valence electrons. The van der Waals surface area contributed by atoms with Crippen molar-refractivity contribution < 1.29 is 23.7 Å². The molecular weight excluding hydrogens is 281 g/mol. The van der Waals surface area contributed by atoms with Crippen molar-refractivity contribution in [3.63, 3.8) is 0 Å². The summed E-state index contributed by atoms with van der Waals surface area (Å²) in [7, 11) is 0.579. The van der Waals surface area contributed by atoms with E-state index in [2.05, 4.69) is 0 Å². The Hall–Kier alpha value is -0.283. The maximum Gasteiger partial charge on any atom is 1.00 e. The van der Waals surface area contributed by atoms with Crippen LogP contribution in [-0.4, -0.2) is 5.52 Å². The van der Waals surface area contributed by atoms with Crippen LogP contribution < -0.4 is 24.2 Å². The first-order valence-corrected chi connectivity index (χ1v) is 6.58. The minimum atomic E-state index is -0.0909. The summed E-state index contributed by atoms with van der Waals surface area (Å²) in [5.41, 5.74) is 0.299. The number of carbonyl (C=O) groups is 1. The van der Waals surface area contributed by atoms with Gasteiger partial charge in [-0.25, -0.2) is 0 Å². The second kappa shape index (κ2) is 7.34. The molecule has 0 heterocycles. The van der Waals surface area contributed by atoms with Crippen LogP contribution in [0.15, 0.2) is 48.5 Å². The maximum atomic E-state index is 12.1. The number of halogens is 2. The molecule has 0 radical (unpaired) electrons. The fraction of sp³-hybridized carbons (Fsp3) is 0. The van der Waals surface area contributed by atoms with Crippen LogP contribution in [0.2, 0.25) is 10.0 Å². The second-order valence-electron chi connectivity index (χ2n) is 3.35. The molecule has 0 unspecified atom stereocenters. The first-order valence-electron chi connectivity index (χ1n) is 4.93. The Balaban J connectivity index is 0.00000162. The van der Waals surface area contributed by atoms with Crippen LogP contribution in [0.3, 0.4) is 0 Å². The van der Waals surface area contributed by atoms with Gasteiger partial charge in [-0.05, 0) is 12.1 Å². The predicted molar refractivity (Wildman–Crippen MR) is 73.8 cm³/mol. The normalized spacial score (nSPS) is 10.3. The zero-order valence-corrected chi connectivity index (χ0v) is 12.1. The zero-order valence-electron chi connectivity index (χ0n) is 9.73. The number of benzene rings is 2. The fourth-order valence-corrected chi connectivity index (χ4v) is 2.99. The molecule has 1 nitrogen and oxygen atoms in total. The summed E-state index contributed by atoms with van der Waals surface area (Å²) >= 11 is 12.0. The van der Waals surface area contributed by atoms with E-state index in [1.165, 1.54) is 0 Å². The molecule has 0 aliphatic rings. The van der Waals surface area contributed by atoms with E-state index in [0.717, 1.165) is 5.30 Å². The Morgan fingerprint density at radius 1 is 0.889 bits per heavy atom. The summed E-state index contributed by atoms with van der Waals surface area (Å²) in [6.45, 7) is 0. The molecule has 2 aromatic carbocycles. The van der Waals surface area contributed by atoms with Crippen molar-refractivity contribution in [2.45, 2.75) is 0 Å². The number of hydrogen-bond donors (Lipinski definition) is 0. The van der Waals surface area contributed by atoms with Gasteiger partial charge in [0.15, 0.2) is 0 Å². The van der Waals surface area contributed by atoms with Gasteiger partial charge in [0.2, 0.25) is 0 Å². The van der Waals surface area contributed by atoms with Gasteiger partial charge < -0.3 is 13.4 Å². The smallest absolute Gasteiger partial charge is 0.426 e. The average Bonchev–Trinajstić information content (AvgIpc) is 2.30. The third-order valence-corrected chi connectivity index (χ3v) is 3.78. The van der Waals surface area contributed by atoms with Crippen LogP contribution in [0.5, 0.6) is 0 Å². The SMILES string of the molecule is O=C([P-]c1ccccc1)c1c(Cl)cccc1Cl.[Li+]. The van der Waals surface area contributed by atoms with E-state index in [1.54, 1.807) is 18.2 Å². The monoisotopic (exact) mass is 288 g/mol. The van der Waals surface area contributed by atoms with Gasteiger partial charge in [0.25, 0.3) is 0 Å². The number of rotatable bonds is 3. The van der Waals surface area contributed by atoms with Gasteiger partial charge in [0, 0.05) is 11.1 Å². The Bertz CT molecular complexity index is 526. The average molecular weight is 289 g/mol. The summed E-state index contributed by atoms with van der Waals surface area (Å²) in [6.07, 6.45) is 0. The van der Waals surface area contributed by atoms with E-state index in [1.807, 2.05) is 30.3 Å². The minimum Gasteiger partial charge on any atom is -0.426 e. The third kappa shape index (κ3) is 3.85. The first kappa shape index (κ1) is 15.8.